The van der Waals surface area contributed by atoms with E-state index in [-0.39, 0.29) is 10.2 Å². The van der Waals surface area contributed by atoms with Gasteiger partial charge in [0.05, 0.1) is 27.5 Å². The first-order valence-electron chi connectivity index (χ1n) is 10.9. The molecule has 0 amide bonds. The number of benzene rings is 2. The first kappa shape index (κ1) is 23.0. The van der Waals surface area contributed by atoms with Crippen LogP contribution in [0.25, 0.3) is 16.9 Å². The molecule has 1 atom stereocenters. The number of anilines is 1. The Balaban J connectivity index is 1.75. The van der Waals surface area contributed by atoms with Crippen LogP contribution in [-0.4, -0.2) is 34.1 Å². The molecule has 1 aliphatic carbocycles. The molecule has 2 aliphatic rings. The molecule has 1 aliphatic heterocycles. The number of rotatable bonds is 3. The second kappa shape index (κ2) is 8.49. The minimum absolute atomic E-state index is 0.196. The van der Waals surface area contributed by atoms with E-state index in [0.29, 0.717) is 66.8 Å². The maximum absolute atomic E-state index is 14.0. The van der Waals surface area contributed by atoms with Crippen LogP contribution in [-0.2, 0) is 19.0 Å². The zero-order valence-corrected chi connectivity index (χ0v) is 19.5. The maximum Gasteiger partial charge on any atom is 0.418 e. The lowest BCUT2D eigenvalue weighted by atomic mass is 10.0. The summed E-state index contributed by atoms with van der Waals surface area (Å²) in [7, 11) is 0. The molecule has 1 fully saturated rings. The van der Waals surface area contributed by atoms with E-state index in [1.54, 1.807) is 4.90 Å². The second-order valence-corrected chi connectivity index (χ2v) is 9.45. The van der Waals surface area contributed by atoms with E-state index in [4.69, 9.17) is 0 Å². The van der Waals surface area contributed by atoms with Crippen LogP contribution >= 0.6 is 15.9 Å². The molecule has 1 aromatic heterocycles. The van der Waals surface area contributed by atoms with E-state index < -0.39 is 29.2 Å². The normalized spacial score (nSPS) is 17.9. The third-order valence-corrected chi connectivity index (χ3v) is 7.00. The third-order valence-electron chi connectivity index (χ3n) is 6.39. The number of hydrogen-bond donors (Lipinski definition) is 1. The molecule has 5 nitrogen and oxygen atoms in total. The second-order valence-electron chi connectivity index (χ2n) is 8.59. The van der Waals surface area contributed by atoms with Crippen LogP contribution in [0.1, 0.15) is 29.5 Å². The number of fused-ring (bicyclic) bond motifs is 1. The number of nitrogens with zero attached hydrogens (tertiary/aromatic N) is 3. The lowest BCUT2D eigenvalue weighted by Crippen LogP contribution is -2.29. The van der Waals surface area contributed by atoms with Crippen molar-refractivity contribution in [2.75, 3.05) is 18.0 Å². The largest absolute Gasteiger partial charge is 0.418 e. The highest BCUT2D eigenvalue weighted by Crippen LogP contribution is 2.37. The standard InChI is InChI=1S/C24H20BrF4N3O2/c25-19-10-13(4-7-20(19)26)22-16-2-1-3-17(16)23(34)32(30-22)21-11-14(31-9-8-15(33)12-31)5-6-18(21)24(27,28)29/h4-7,10-11,15,33H,1-3,8-9,12H2. The molecule has 0 bridgehead atoms. The molecule has 2 aromatic carbocycles. The molecule has 1 saturated heterocycles. The summed E-state index contributed by atoms with van der Waals surface area (Å²) in [4.78, 5) is 15.1. The molecule has 0 spiro atoms. The number of hydrogen-bond acceptors (Lipinski definition) is 4. The summed E-state index contributed by atoms with van der Waals surface area (Å²) >= 11 is 3.15. The van der Waals surface area contributed by atoms with E-state index in [9.17, 15) is 27.5 Å². The van der Waals surface area contributed by atoms with E-state index in [1.165, 1.54) is 30.3 Å². The van der Waals surface area contributed by atoms with Gasteiger partial charge in [0.2, 0.25) is 0 Å². The van der Waals surface area contributed by atoms with Crippen LogP contribution in [0, 0.1) is 5.82 Å². The van der Waals surface area contributed by atoms with E-state index in [1.807, 2.05) is 0 Å². The van der Waals surface area contributed by atoms with Gasteiger partial charge in [-0.3, -0.25) is 4.79 Å². The average Bonchev–Trinajstić information content (AvgIpc) is 3.45. The topological polar surface area (TPSA) is 58.4 Å². The molecular weight excluding hydrogens is 518 g/mol. The lowest BCUT2D eigenvalue weighted by Gasteiger charge is -2.22. The Morgan fingerprint density at radius 3 is 2.53 bits per heavy atom. The number of aliphatic hydroxyl groups is 1. The maximum atomic E-state index is 14.0. The van der Waals surface area contributed by atoms with Gasteiger partial charge in [-0.2, -0.15) is 23.0 Å². The summed E-state index contributed by atoms with van der Waals surface area (Å²) in [5, 5.41) is 14.3. The minimum atomic E-state index is -4.71. The molecule has 2 heterocycles. The van der Waals surface area contributed by atoms with Gasteiger partial charge in [0.1, 0.15) is 5.82 Å². The van der Waals surface area contributed by atoms with Gasteiger partial charge in [0.25, 0.3) is 5.56 Å². The van der Waals surface area contributed by atoms with Gasteiger partial charge in [-0.05, 0) is 83.6 Å². The first-order chi connectivity index (χ1) is 16.1. The van der Waals surface area contributed by atoms with Crippen molar-refractivity contribution >= 4 is 21.6 Å². The van der Waals surface area contributed by atoms with Crippen LogP contribution in [0.3, 0.4) is 0 Å². The van der Waals surface area contributed by atoms with Gasteiger partial charge in [-0.25, -0.2) is 4.39 Å². The SMILES string of the molecule is O=c1c2c(c(-c3ccc(F)c(Br)c3)nn1-c1cc(N3CCC(O)C3)ccc1C(F)(F)F)CCC2. The number of alkyl halides is 3. The van der Waals surface area contributed by atoms with Crippen LogP contribution < -0.4 is 10.5 Å². The quantitative estimate of drug-likeness (QED) is 0.484. The molecule has 1 unspecified atom stereocenters. The third kappa shape index (κ3) is 4.02. The van der Waals surface area contributed by atoms with Crippen LogP contribution in [0.15, 0.2) is 45.7 Å². The van der Waals surface area contributed by atoms with Crippen molar-refractivity contribution in [1.82, 2.24) is 9.78 Å². The summed E-state index contributed by atoms with van der Waals surface area (Å²) in [6.45, 7) is 0.791. The lowest BCUT2D eigenvalue weighted by molar-refractivity contribution is -0.137. The zero-order chi connectivity index (χ0) is 24.2. The predicted octanol–water partition coefficient (Wildman–Crippen LogP) is 4.88. The fourth-order valence-electron chi connectivity index (χ4n) is 4.72. The van der Waals surface area contributed by atoms with Crippen molar-refractivity contribution < 1.29 is 22.7 Å². The molecule has 0 radical (unpaired) electrons. The number of aromatic nitrogens is 2. The highest BCUT2D eigenvalue weighted by atomic mass is 79.9. The van der Waals surface area contributed by atoms with Gasteiger partial charge >= 0.3 is 6.18 Å². The van der Waals surface area contributed by atoms with Crippen LogP contribution in [0.2, 0.25) is 0 Å². The van der Waals surface area contributed by atoms with Crippen molar-refractivity contribution in [1.29, 1.82) is 0 Å². The Hall–Kier alpha value is -2.72. The van der Waals surface area contributed by atoms with Crippen molar-refractivity contribution in [2.24, 2.45) is 0 Å². The molecular formula is C24H20BrF4N3O2. The van der Waals surface area contributed by atoms with Crippen LogP contribution in [0.4, 0.5) is 23.2 Å². The fourth-order valence-corrected chi connectivity index (χ4v) is 5.10. The van der Waals surface area contributed by atoms with E-state index in [2.05, 4.69) is 21.0 Å². The van der Waals surface area contributed by atoms with Gasteiger partial charge in [-0.1, -0.05) is 0 Å². The Kier molecular flexibility index (Phi) is 5.76. The van der Waals surface area contributed by atoms with Gasteiger partial charge in [-0.15, -0.1) is 0 Å². The molecule has 178 valence electrons. The highest BCUT2D eigenvalue weighted by molar-refractivity contribution is 9.10. The molecule has 0 saturated carbocycles. The highest BCUT2D eigenvalue weighted by Gasteiger charge is 2.36. The first-order valence-corrected chi connectivity index (χ1v) is 11.7. The molecule has 34 heavy (non-hydrogen) atoms. The van der Waals surface area contributed by atoms with Gasteiger partial charge in [0.15, 0.2) is 0 Å². The molecule has 10 heteroatoms. The van der Waals surface area contributed by atoms with Crippen molar-refractivity contribution in [3.05, 3.63) is 73.7 Å². The average molecular weight is 538 g/mol. The zero-order valence-electron chi connectivity index (χ0n) is 17.9. The molecule has 3 aromatic rings. The number of β-amino-alcohol motifs (C(OH)–C–C–N with tert-alkyl or cyclic N) is 1. The van der Waals surface area contributed by atoms with Crippen LogP contribution in [0.5, 0.6) is 0 Å². The smallest absolute Gasteiger partial charge is 0.391 e. The van der Waals surface area contributed by atoms with Gasteiger partial charge in [0, 0.05) is 29.9 Å². The predicted molar refractivity (Wildman–Crippen MR) is 123 cm³/mol. The Morgan fingerprint density at radius 1 is 1.09 bits per heavy atom. The van der Waals surface area contributed by atoms with Crippen molar-refractivity contribution in [3.63, 3.8) is 0 Å². The van der Waals surface area contributed by atoms with Gasteiger partial charge < -0.3 is 10.0 Å². The number of halogens is 5. The summed E-state index contributed by atoms with van der Waals surface area (Å²) in [6.07, 6.45) is -3.07. The van der Waals surface area contributed by atoms with Crippen molar-refractivity contribution in [3.8, 4) is 16.9 Å². The summed E-state index contributed by atoms with van der Waals surface area (Å²) in [6, 6.07) is 7.87. The summed E-state index contributed by atoms with van der Waals surface area (Å²) in [5.41, 5.74) is 0.535. The molecule has 5 rings (SSSR count). The Morgan fingerprint density at radius 2 is 1.85 bits per heavy atom. The molecule has 1 N–H and O–H groups in total. The van der Waals surface area contributed by atoms with E-state index in [0.717, 1.165) is 10.7 Å². The number of aliphatic hydroxyl groups excluding tert-OH is 1. The fraction of sp³-hybridized carbons (Fsp3) is 0.333. The Labute approximate surface area is 200 Å². The Bertz CT molecular complexity index is 1340. The minimum Gasteiger partial charge on any atom is -0.391 e. The van der Waals surface area contributed by atoms with E-state index >= 15 is 0 Å². The monoisotopic (exact) mass is 537 g/mol. The summed E-state index contributed by atoms with van der Waals surface area (Å²) in [5.74, 6) is -0.478. The summed E-state index contributed by atoms with van der Waals surface area (Å²) < 4.78 is 56.8. The van der Waals surface area contributed by atoms with Crippen molar-refractivity contribution in [2.45, 2.75) is 38.0 Å².